The van der Waals surface area contributed by atoms with E-state index in [1.165, 1.54) is 0 Å². The van der Waals surface area contributed by atoms with Gasteiger partial charge in [-0.2, -0.15) is 5.10 Å². The van der Waals surface area contributed by atoms with Crippen LogP contribution >= 0.6 is 28.1 Å². The Hall–Kier alpha value is -2.00. The lowest BCUT2D eigenvalue weighted by atomic mass is 10.1. The van der Waals surface area contributed by atoms with Crippen LogP contribution in [0.3, 0.4) is 0 Å². The Morgan fingerprint density at radius 3 is 3.04 bits per heavy atom. The molecule has 1 unspecified atom stereocenters. The number of carbonyl (C=O) groups excluding carboxylic acids is 2. The van der Waals surface area contributed by atoms with E-state index < -0.39 is 5.92 Å². The van der Waals surface area contributed by atoms with Gasteiger partial charge in [-0.05, 0) is 43.8 Å². The van der Waals surface area contributed by atoms with E-state index in [1.807, 2.05) is 31.2 Å². The van der Waals surface area contributed by atoms with Gasteiger partial charge in [-0.1, -0.05) is 22.0 Å². The first-order valence-electron chi connectivity index (χ1n) is 8.00. The minimum Gasteiger partial charge on any atom is -0.348 e. The highest BCUT2D eigenvalue weighted by Gasteiger charge is 2.37. The summed E-state index contributed by atoms with van der Waals surface area (Å²) in [6, 6.07) is 7.50. The van der Waals surface area contributed by atoms with Crippen LogP contribution in [-0.2, 0) is 22.7 Å². The fourth-order valence-corrected chi connectivity index (χ4v) is 3.59. The molecule has 1 atom stereocenters. The SMILES string of the molecule is CCn1c(CNC(=O)C2CCN(c3cccc(Br)c3)C2=O)n[nH]c1=S. The van der Waals surface area contributed by atoms with Gasteiger partial charge in [0.05, 0.1) is 6.54 Å². The molecule has 2 heterocycles. The number of carbonyl (C=O) groups is 2. The van der Waals surface area contributed by atoms with Crippen molar-refractivity contribution in [2.75, 3.05) is 11.4 Å². The molecule has 1 aromatic heterocycles. The minimum atomic E-state index is -0.670. The van der Waals surface area contributed by atoms with Crippen molar-refractivity contribution < 1.29 is 9.59 Å². The number of aromatic nitrogens is 3. The Bertz CT molecular complexity index is 862. The van der Waals surface area contributed by atoms with Crippen LogP contribution < -0.4 is 10.2 Å². The molecule has 1 saturated heterocycles. The number of hydrogen-bond acceptors (Lipinski definition) is 4. The number of nitrogens with zero attached hydrogens (tertiary/aromatic N) is 3. The van der Waals surface area contributed by atoms with Crippen molar-refractivity contribution in [3.05, 3.63) is 39.3 Å². The predicted molar refractivity (Wildman–Crippen MR) is 99.5 cm³/mol. The van der Waals surface area contributed by atoms with Crippen LogP contribution in [0.4, 0.5) is 5.69 Å². The normalized spacial score (nSPS) is 17.1. The number of aromatic amines is 1. The number of rotatable bonds is 5. The molecule has 25 heavy (non-hydrogen) atoms. The number of nitrogens with one attached hydrogen (secondary N) is 2. The molecule has 3 rings (SSSR count). The van der Waals surface area contributed by atoms with Gasteiger partial charge in [-0.15, -0.1) is 0 Å². The molecule has 0 aliphatic carbocycles. The summed E-state index contributed by atoms with van der Waals surface area (Å²) >= 11 is 8.53. The number of H-pyrrole nitrogens is 1. The Morgan fingerprint density at radius 2 is 2.32 bits per heavy atom. The van der Waals surface area contributed by atoms with Crippen molar-refractivity contribution in [2.24, 2.45) is 5.92 Å². The summed E-state index contributed by atoms with van der Waals surface area (Å²) in [5.41, 5.74) is 0.793. The lowest BCUT2D eigenvalue weighted by Crippen LogP contribution is -2.37. The second kappa shape index (κ2) is 7.49. The first kappa shape index (κ1) is 17.8. The van der Waals surface area contributed by atoms with Crippen molar-refractivity contribution in [1.82, 2.24) is 20.1 Å². The zero-order valence-electron chi connectivity index (χ0n) is 13.7. The molecule has 1 aliphatic heterocycles. The van der Waals surface area contributed by atoms with Crippen LogP contribution in [0.15, 0.2) is 28.7 Å². The predicted octanol–water partition coefficient (Wildman–Crippen LogP) is 2.39. The van der Waals surface area contributed by atoms with E-state index in [9.17, 15) is 9.59 Å². The first-order valence-corrected chi connectivity index (χ1v) is 9.20. The van der Waals surface area contributed by atoms with E-state index in [4.69, 9.17) is 12.2 Å². The number of amides is 2. The molecule has 2 amide bonds. The fraction of sp³-hybridized carbons (Fsp3) is 0.375. The summed E-state index contributed by atoms with van der Waals surface area (Å²) in [6.45, 7) is 3.38. The lowest BCUT2D eigenvalue weighted by molar-refractivity contribution is -0.132. The Balaban J connectivity index is 1.65. The maximum absolute atomic E-state index is 12.6. The zero-order valence-corrected chi connectivity index (χ0v) is 16.1. The van der Waals surface area contributed by atoms with Crippen molar-refractivity contribution in [1.29, 1.82) is 0 Å². The van der Waals surface area contributed by atoms with Gasteiger partial charge >= 0.3 is 0 Å². The third-order valence-electron chi connectivity index (χ3n) is 4.22. The van der Waals surface area contributed by atoms with Crippen molar-refractivity contribution in [3.8, 4) is 0 Å². The minimum absolute atomic E-state index is 0.176. The molecule has 0 radical (unpaired) electrons. The van der Waals surface area contributed by atoms with E-state index in [1.54, 1.807) is 9.47 Å². The number of anilines is 1. The lowest BCUT2D eigenvalue weighted by Gasteiger charge is -2.17. The molecule has 0 spiro atoms. The van der Waals surface area contributed by atoms with E-state index in [2.05, 4.69) is 31.4 Å². The Kier molecular flexibility index (Phi) is 5.33. The molecule has 9 heteroatoms. The van der Waals surface area contributed by atoms with E-state index in [0.29, 0.717) is 30.1 Å². The summed E-state index contributed by atoms with van der Waals surface area (Å²) in [4.78, 5) is 26.7. The average Bonchev–Trinajstić information content (AvgIpc) is 3.15. The van der Waals surface area contributed by atoms with Gasteiger partial charge in [0, 0.05) is 23.2 Å². The van der Waals surface area contributed by atoms with E-state index in [-0.39, 0.29) is 18.4 Å². The Labute approximate surface area is 158 Å². The first-order chi connectivity index (χ1) is 12.0. The summed E-state index contributed by atoms with van der Waals surface area (Å²) in [7, 11) is 0. The van der Waals surface area contributed by atoms with Crippen molar-refractivity contribution >= 4 is 45.6 Å². The van der Waals surface area contributed by atoms with Gasteiger partial charge in [-0.3, -0.25) is 14.7 Å². The number of halogens is 1. The highest BCUT2D eigenvalue weighted by molar-refractivity contribution is 9.10. The van der Waals surface area contributed by atoms with Crippen LogP contribution in [-0.4, -0.2) is 33.1 Å². The average molecular weight is 424 g/mol. The molecule has 7 nitrogen and oxygen atoms in total. The highest BCUT2D eigenvalue weighted by atomic mass is 79.9. The monoisotopic (exact) mass is 423 g/mol. The molecule has 1 fully saturated rings. The van der Waals surface area contributed by atoms with Gasteiger partial charge in [0.15, 0.2) is 10.6 Å². The summed E-state index contributed by atoms with van der Waals surface area (Å²) in [6.07, 6.45) is 0.498. The Morgan fingerprint density at radius 1 is 1.52 bits per heavy atom. The van der Waals surface area contributed by atoms with Crippen LogP contribution in [0.5, 0.6) is 0 Å². The standard InChI is InChI=1S/C16H18BrN5O2S/c1-2-21-13(19-20-16(21)25)9-18-14(23)12-6-7-22(15(12)24)11-5-3-4-10(17)8-11/h3-5,8,12H,2,6-7,9H2,1H3,(H,18,23)(H,20,25). The van der Waals surface area contributed by atoms with Gasteiger partial charge in [0.1, 0.15) is 5.92 Å². The molecular weight excluding hydrogens is 406 g/mol. The number of benzene rings is 1. The van der Waals surface area contributed by atoms with E-state index >= 15 is 0 Å². The second-order valence-corrected chi connectivity index (χ2v) is 7.02. The van der Waals surface area contributed by atoms with Crippen LogP contribution in [0.2, 0.25) is 0 Å². The topological polar surface area (TPSA) is 83.0 Å². The van der Waals surface area contributed by atoms with E-state index in [0.717, 1.165) is 10.2 Å². The summed E-state index contributed by atoms with van der Waals surface area (Å²) in [5.74, 6) is -0.477. The summed E-state index contributed by atoms with van der Waals surface area (Å²) < 4.78 is 3.22. The van der Waals surface area contributed by atoms with Crippen molar-refractivity contribution in [3.63, 3.8) is 0 Å². The third kappa shape index (κ3) is 3.67. The van der Waals surface area contributed by atoms with Crippen LogP contribution in [0.1, 0.15) is 19.2 Å². The molecule has 132 valence electrons. The van der Waals surface area contributed by atoms with Gasteiger partial charge in [-0.25, -0.2) is 0 Å². The number of hydrogen-bond donors (Lipinski definition) is 2. The molecule has 2 N–H and O–H groups in total. The summed E-state index contributed by atoms with van der Waals surface area (Å²) in [5, 5.41) is 9.61. The van der Waals surface area contributed by atoms with Crippen molar-refractivity contribution in [2.45, 2.75) is 26.4 Å². The molecule has 0 bridgehead atoms. The second-order valence-electron chi connectivity index (χ2n) is 5.72. The largest absolute Gasteiger partial charge is 0.348 e. The zero-order chi connectivity index (χ0) is 18.0. The smallest absolute Gasteiger partial charge is 0.239 e. The fourth-order valence-electron chi connectivity index (χ4n) is 2.92. The maximum Gasteiger partial charge on any atom is 0.239 e. The molecular formula is C16H18BrN5O2S. The quantitative estimate of drug-likeness (QED) is 0.571. The molecule has 0 saturated carbocycles. The van der Waals surface area contributed by atoms with Crippen LogP contribution in [0, 0.1) is 10.7 Å². The maximum atomic E-state index is 12.6. The molecule has 2 aromatic rings. The molecule has 1 aromatic carbocycles. The van der Waals surface area contributed by atoms with Gasteiger partial charge in [0.25, 0.3) is 0 Å². The third-order valence-corrected chi connectivity index (χ3v) is 5.02. The van der Waals surface area contributed by atoms with Crippen LogP contribution in [0.25, 0.3) is 0 Å². The van der Waals surface area contributed by atoms with Gasteiger partial charge in [0.2, 0.25) is 11.8 Å². The molecule has 1 aliphatic rings. The van der Waals surface area contributed by atoms with Gasteiger partial charge < -0.3 is 14.8 Å². The highest BCUT2D eigenvalue weighted by Crippen LogP contribution is 2.27.